The summed E-state index contributed by atoms with van der Waals surface area (Å²) in [6, 6.07) is 0. The van der Waals surface area contributed by atoms with Crippen molar-refractivity contribution in [2.75, 3.05) is 26.4 Å². The minimum Gasteiger partial charge on any atom is -0.478 e. The first kappa shape index (κ1) is 48.0. The molecule has 14 nitrogen and oxygen atoms in total. The highest BCUT2D eigenvalue weighted by Gasteiger charge is 2.26. The molecule has 0 radical (unpaired) electrons. The third kappa shape index (κ3) is 44.3. The summed E-state index contributed by atoms with van der Waals surface area (Å²) in [5.41, 5.74) is -0.231. The van der Waals surface area contributed by atoms with Crippen molar-refractivity contribution >= 4 is 29.8 Å². The molecule has 0 unspecified atom stereocenters. The van der Waals surface area contributed by atoms with E-state index in [1.807, 2.05) is 0 Å². The largest absolute Gasteiger partial charge is 0.478 e. The van der Waals surface area contributed by atoms with Crippen LogP contribution in [0.2, 0.25) is 0 Å². The number of carboxylic acids is 5. The summed E-state index contributed by atoms with van der Waals surface area (Å²) < 4.78 is 0. The summed E-state index contributed by atoms with van der Waals surface area (Å²) in [6.45, 7) is 21.4. The highest BCUT2D eigenvalue weighted by molar-refractivity contribution is 5.86. The Kier molecular flexibility index (Phi) is 35.0. The van der Waals surface area contributed by atoms with Crippen LogP contribution in [0.5, 0.6) is 0 Å². The monoisotopic (exact) mass is 566 g/mol. The maximum absolute atomic E-state index is 9.60. The Morgan fingerprint density at radius 3 is 0.487 bits per heavy atom. The van der Waals surface area contributed by atoms with E-state index >= 15 is 0 Å². The molecule has 0 aromatic heterocycles. The molecule has 14 heteroatoms. The molecule has 0 bridgehead atoms. The molecule has 0 aliphatic carbocycles. The van der Waals surface area contributed by atoms with Crippen LogP contribution in [0.3, 0.4) is 0 Å². The number of aliphatic hydroxyl groups excluding tert-OH is 4. The average molecular weight is 567 g/mol. The fraction of sp³-hybridized carbons (Fsp3) is 0.400. The first-order valence-corrected chi connectivity index (χ1v) is 10.3. The molecule has 0 aliphatic heterocycles. The van der Waals surface area contributed by atoms with Crippen molar-refractivity contribution in [2.24, 2.45) is 5.41 Å². The van der Waals surface area contributed by atoms with E-state index in [0.717, 1.165) is 0 Å². The van der Waals surface area contributed by atoms with Gasteiger partial charge in [0.1, 0.15) is 0 Å². The van der Waals surface area contributed by atoms with Crippen molar-refractivity contribution in [2.45, 2.75) is 34.6 Å². The van der Waals surface area contributed by atoms with Gasteiger partial charge < -0.3 is 46.0 Å². The lowest BCUT2D eigenvalue weighted by Crippen LogP contribution is -2.37. The van der Waals surface area contributed by atoms with Crippen molar-refractivity contribution < 1.29 is 69.9 Å². The van der Waals surface area contributed by atoms with Crippen LogP contribution in [0.4, 0.5) is 0 Å². The molecule has 0 aromatic carbocycles. The number of hydrogen-bond acceptors (Lipinski definition) is 9. The van der Waals surface area contributed by atoms with E-state index in [0.29, 0.717) is 0 Å². The molecular formula is C25H42O14. The maximum Gasteiger partial charge on any atom is 0.330 e. The van der Waals surface area contributed by atoms with Gasteiger partial charge in [-0.05, 0) is 34.6 Å². The van der Waals surface area contributed by atoms with Gasteiger partial charge in [-0.25, -0.2) is 24.0 Å². The summed E-state index contributed by atoms with van der Waals surface area (Å²) in [5.74, 6) is -4.68. The van der Waals surface area contributed by atoms with Gasteiger partial charge in [0.15, 0.2) is 0 Å². The Bertz CT molecular complexity index is 632. The molecule has 9 N–H and O–H groups in total. The molecule has 0 heterocycles. The molecule has 0 saturated heterocycles. The van der Waals surface area contributed by atoms with Crippen molar-refractivity contribution in [3.05, 3.63) is 60.8 Å². The molecule has 0 amide bonds. The van der Waals surface area contributed by atoms with Crippen molar-refractivity contribution in [3.8, 4) is 0 Å². The number of hydrogen-bond donors (Lipinski definition) is 9. The van der Waals surface area contributed by atoms with Crippen LogP contribution in [0, 0.1) is 5.41 Å². The third-order valence-electron chi connectivity index (χ3n) is 3.17. The van der Waals surface area contributed by atoms with Crippen LogP contribution in [-0.4, -0.2) is 102 Å². The van der Waals surface area contributed by atoms with Gasteiger partial charge in [-0.15, -0.1) is 0 Å². The lowest BCUT2D eigenvalue weighted by molar-refractivity contribution is -0.133. The number of aliphatic hydroxyl groups is 4. The number of aliphatic carboxylic acids is 5. The summed E-state index contributed by atoms with van der Waals surface area (Å²) in [6.07, 6.45) is 0. The van der Waals surface area contributed by atoms with E-state index in [2.05, 4.69) is 32.9 Å². The summed E-state index contributed by atoms with van der Waals surface area (Å²) in [5, 5.41) is 73.4. The van der Waals surface area contributed by atoms with Crippen LogP contribution in [0.15, 0.2) is 60.8 Å². The van der Waals surface area contributed by atoms with E-state index in [1.54, 1.807) is 0 Å². The molecular weight excluding hydrogens is 524 g/mol. The Morgan fingerprint density at radius 1 is 0.410 bits per heavy atom. The first-order valence-electron chi connectivity index (χ1n) is 10.3. The van der Waals surface area contributed by atoms with Crippen LogP contribution >= 0.6 is 0 Å². The number of carboxylic acid groups (broad SMARTS) is 5. The Morgan fingerprint density at radius 2 is 0.487 bits per heavy atom. The zero-order valence-corrected chi connectivity index (χ0v) is 22.9. The topological polar surface area (TPSA) is 267 Å². The summed E-state index contributed by atoms with van der Waals surface area (Å²) in [7, 11) is 0. The standard InChI is InChI=1S/C5H12O4.5C4H6O2/c6-1-5(2-7,3-8)4-9;5*1-3(2)4(5)6/h6-9H,1-4H2;5*1H2,2H3,(H,5,6). The molecule has 0 aromatic rings. The normalized spacial score (nSPS) is 8.54. The number of carbonyl (C=O) groups is 5. The van der Waals surface area contributed by atoms with Crippen molar-refractivity contribution in [1.29, 1.82) is 0 Å². The van der Waals surface area contributed by atoms with Crippen molar-refractivity contribution in [3.63, 3.8) is 0 Å². The summed E-state index contributed by atoms with van der Waals surface area (Å²) in [4.78, 5) is 48.0. The van der Waals surface area contributed by atoms with Gasteiger partial charge in [0, 0.05) is 27.9 Å². The van der Waals surface area contributed by atoms with E-state index in [9.17, 15) is 24.0 Å². The van der Waals surface area contributed by atoms with Crippen LogP contribution in [0.25, 0.3) is 0 Å². The molecule has 226 valence electrons. The predicted molar refractivity (Wildman–Crippen MR) is 143 cm³/mol. The second-order valence-corrected chi connectivity index (χ2v) is 7.56. The van der Waals surface area contributed by atoms with Crippen molar-refractivity contribution in [1.82, 2.24) is 0 Å². The van der Waals surface area contributed by atoms with Crippen LogP contribution in [-0.2, 0) is 24.0 Å². The Balaban J connectivity index is -0.0000000845. The molecule has 0 atom stereocenters. The van der Waals surface area contributed by atoms with E-state index in [-0.39, 0.29) is 27.9 Å². The van der Waals surface area contributed by atoms with Gasteiger partial charge in [-0.3, -0.25) is 0 Å². The quantitative estimate of drug-likeness (QED) is 0.177. The number of rotatable bonds is 9. The maximum atomic E-state index is 9.60. The fourth-order valence-electron chi connectivity index (χ4n) is 0.300. The van der Waals surface area contributed by atoms with Gasteiger partial charge >= 0.3 is 29.8 Å². The minimum atomic E-state index is -1.11. The molecule has 0 aliphatic rings. The lowest BCUT2D eigenvalue weighted by atomic mass is 9.93. The highest BCUT2D eigenvalue weighted by Crippen LogP contribution is 2.11. The smallest absolute Gasteiger partial charge is 0.330 e. The van der Waals surface area contributed by atoms with E-state index in [4.69, 9.17) is 46.0 Å². The fourth-order valence-corrected chi connectivity index (χ4v) is 0.300. The molecule has 0 fully saturated rings. The Hall–Kier alpha value is -4.11. The minimum absolute atomic E-state index is 0.176. The molecule has 0 spiro atoms. The molecule has 0 saturated carbocycles. The van der Waals surface area contributed by atoms with Crippen LogP contribution in [0.1, 0.15) is 34.6 Å². The SMILES string of the molecule is C=C(C)C(=O)O.C=C(C)C(=O)O.C=C(C)C(=O)O.C=C(C)C(=O)O.C=C(C)C(=O)O.OCC(CO)(CO)CO. The predicted octanol–water partition coefficient (Wildman–Crippen LogP) is 1.18. The third-order valence-corrected chi connectivity index (χ3v) is 3.17. The zero-order valence-electron chi connectivity index (χ0n) is 22.9. The average Bonchev–Trinajstić information content (AvgIpc) is 2.82. The van der Waals surface area contributed by atoms with Crippen LogP contribution < -0.4 is 0 Å². The van der Waals surface area contributed by atoms with Gasteiger partial charge in [-0.1, -0.05) is 32.9 Å². The highest BCUT2D eigenvalue weighted by atomic mass is 16.4. The second kappa shape index (κ2) is 28.5. The Labute approximate surface area is 227 Å². The molecule has 39 heavy (non-hydrogen) atoms. The summed E-state index contributed by atoms with van der Waals surface area (Å²) >= 11 is 0. The first-order chi connectivity index (χ1) is 17.5. The van der Waals surface area contributed by atoms with Gasteiger partial charge in [0.05, 0.1) is 31.8 Å². The van der Waals surface area contributed by atoms with E-state index < -0.39 is 61.7 Å². The lowest BCUT2D eigenvalue weighted by Gasteiger charge is -2.23. The van der Waals surface area contributed by atoms with Gasteiger partial charge in [0.2, 0.25) is 0 Å². The zero-order chi connectivity index (χ0) is 33.1. The van der Waals surface area contributed by atoms with E-state index in [1.165, 1.54) is 34.6 Å². The van der Waals surface area contributed by atoms with Gasteiger partial charge in [-0.2, -0.15) is 0 Å². The van der Waals surface area contributed by atoms with Gasteiger partial charge in [0.25, 0.3) is 0 Å². The molecule has 0 rings (SSSR count). The second-order valence-electron chi connectivity index (χ2n) is 7.56.